The molecule has 3 rings (SSSR count). The maximum Gasteiger partial charge on any atom is 0.321 e. The summed E-state index contributed by atoms with van der Waals surface area (Å²) in [5.41, 5.74) is 1.12. The standard InChI is InChI=1S/C18H17N3O5/c22-20(23)14-10-11-18(17(12-14)21(24)25)26-19-16-9-5-4-8-15(16)13-6-2-1-3-7-13/h1-3,6-7,10-12,15H,4-5,8-9H2/b19-16-/t15-/m1/s1. The molecule has 2 aromatic carbocycles. The minimum atomic E-state index is -0.710. The van der Waals surface area contributed by atoms with E-state index in [-0.39, 0.29) is 17.4 Å². The van der Waals surface area contributed by atoms with E-state index in [4.69, 9.17) is 4.84 Å². The van der Waals surface area contributed by atoms with Crippen LogP contribution in [-0.2, 0) is 0 Å². The number of hydrogen-bond donors (Lipinski definition) is 0. The molecule has 1 atom stereocenters. The highest BCUT2D eigenvalue weighted by atomic mass is 16.7. The van der Waals surface area contributed by atoms with Gasteiger partial charge in [0.1, 0.15) is 0 Å². The largest absolute Gasteiger partial charge is 0.350 e. The van der Waals surface area contributed by atoms with Crippen LogP contribution in [-0.4, -0.2) is 15.6 Å². The van der Waals surface area contributed by atoms with Gasteiger partial charge in [0.15, 0.2) is 0 Å². The van der Waals surface area contributed by atoms with Crippen LogP contribution in [0.1, 0.15) is 37.2 Å². The van der Waals surface area contributed by atoms with Crippen molar-refractivity contribution in [3.8, 4) is 5.75 Å². The summed E-state index contributed by atoms with van der Waals surface area (Å²) in [6.45, 7) is 0. The Morgan fingerprint density at radius 1 is 1.00 bits per heavy atom. The van der Waals surface area contributed by atoms with Gasteiger partial charge in [0, 0.05) is 12.0 Å². The fourth-order valence-electron chi connectivity index (χ4n) is 3.10. The van der Waals surface area contributed by atoms with E-state index in [9.17, 15) is 20.2 Å². The van der Waals surface area contributed by atoms with Crippen molar-refractivity contribution in [1.29, 1.82) is 0 Å². The van der Waals surface area contributed by atoms with Crippen LogP contribution in [0.25, 0.3) is 0 Å². The Morgan fingerprint density at radius 2 is 1.77 bits per heavy atom. The van der Waals surface area contributed by atoms with Crippen LogP contribution in [0.15, 0.2) is 53.7 Å². The Morgan fingerprint density at radius 3 is 2.46 bits per heavy atom. The van der Waals surface area contributed by atoms with Crippen molar-refractivity contribution in [1.82, 2.24) is 0 Å². The molecular weight excluding hydrogens is 338 g/mol. The summed E-state index contributed by atoms with van der Waals surface area (Å²) < 4.78 is 0. The zero-order valence-electron chi connectivity index (χ0n) is 13.9. The second kappa shape index (κ2) is 7.73. The number of rotatable bonds is 5. The molecule has 0 N–H and O–H groups in total. The summed E-state index contributed by atoms with van der Waals surface area (Å²) in [6.07, 6.45) is 3.75. The summed E-state index contributed by atoms with van der Waals surface area (Å²) in [7, 11) is 0. The highest BCUT2D eigenvalue weighted by Gasteiger charge is 2.25. The molecule has 0 saturated heterocycles. The lowest BCUT2D eigenvalue weighted by molar-refractivity contribution is -0.394. The Hall–Kier alpha value is -3.29. The van der Waals surface area contributed by atoms with Crippen molar-refractivity contribution in [2.75, 3.05) is 0 Å². The molecule has 0 heterocycles. The monoisotopic (exact) mass is 355 g/mol. The van der Waals surface area contributed by atoms with Crippen LogP contribution in [0.5, 0.6) is 5.75 Å². The lowest BCUT2D eigenvalue weighted by atomic mass is 9.82. The minimum absolute atomic E-state index is 0.106. The molecule has 0 spiro atoms. The van der Waals surface area contributed by atoms with Gasteiger partial charge in [0.2, 0.25) is 5.75 Å². The van der Waals surface area contributed by atoms with Crippen LogP contribution >= 0.6 is 0 Å². The van der Waals surface area contributed by atoms with Gasteiger partial charge in [-0.05, 0) is 30.9 Å². The van der Waals surface area contributed by atoms with Crippen molar-refractivity contribution in [3.63, 3.8) is 0 Å². The molecule has 1 aliphatic rings. The van der Waals surface area contributed by atoms with E-state index in [0.29, 0.717) is 0 Å². The molecule has 0 radical (unpaired) electrons. The third kappa shape index (κ3) is 3.85. The Labute approximate surface area is 149 Å². The Kier molecular flexibility index (Phi) is 5.21. The third-order valence-corrected chi connectivity index (χ3v) is 4.39. The van der Waals surface area contributed by atoms with Crippen LogP contribution < -0.4 is 4.84 Å². The molecule has 8 heteroatoms. The first kappa shape index (κ1) is 17.5. The average Bonchev–Trinajstić information content (AvgIpc) is 2.67. The van der Waals surface area contributed by atoms with Crippen molar-refractivity contribution in [2.24, 2.45) is 5.16 Å². The van der Waals surface area contributed by atoms with Crippen molar-refractivity contribution in [3.05, 3.63) is 74.3 Å². The first-order valence-corrected chi connectivity index (χ1v) is 8.28. The number of nitro groups is 2. The van der Waals surface area contributed by atoms with Crippen LogP contribution in [0.2, 0.25) is 0 Å². The van der Waals surface area contributed by atoms with Gasteiger partial charge in [-0.15, -0.1) is 0 Å². The zero-order valence-corrected chi connectivity index (χ0v) is 13.9. The lowest BCUT2D eigenvalue weighted by Gasteiger charge is -2.23. The maximum atomic E-state index is 11.2. The van der Waals surface area contributed by atoms with Crippen molar-refractivity contribution < 1.29 is 14.7 Å². The third-order valence-electron chi connectivity index (χ3n) is 4.39. The van der Waals surface area contributed by atoms with Gasteiger partial charge in [-0.3, -0.25) is 20.2 Å². The average molecular weight is 355 g/mol. The fourth-order valence-corrected chi connectivity index (χ4v) is 3.10. The Balaban J connectivity index is 1.88. The number of nitro benzene ring substituents is 2. The first-order chi connectivity index (χ1) is 12.6. The van der Waals surface area contributed by atoms with Crippen LogP contribution in [0, 0.1) is 20.2 Å². The molecule has 0 unspecified atom stereocenters. The summed E-state index contributed by atoms with van der Waals surface area (Å²) in [5, 5.41) is 26.2. The minimum Gasteiger partial charge on any atom is -0.350 e. The molecule has 0 amide bonds. The van der Waals surface area contributed by atoms with E-state index in [1.807, 2.05) is 30.3 Å². The lowest BCUT2D eigenvalue weighted by Crippen LogP contribution is -2.18. The van der Waals surface area contributed by atoms with Gasteiger partial charge in [-0.1, -0.05) is 41.9 Å². The predicted octanol–water partition coefficient (Wildman–Crippen LogP) is 4.60. The molecule has 134 valence electrons. The molecule has 1 saturated carbocycles. The summed E-state index contributed by atoms with van der Waals surface area (Å²) >= 11 is 0. The fraction of sp³-hybridized carbons (Fsp3) is 0.278. The topological polar surface area (TPSA) is 108 Å². The second-order valence-electron chi connectivity index (χ2n) is 6.05. The molecule has 8 nitrogen and oxygen atoms in total. The van der Waals surface area contributed by atoms with Crippen molar-refractivity contribution >= 4 is 17.1 Å². The predicted molar refractivity (Wildman–Crippen MR) is 95.5 cm³/mol. The van der Waals surface area contributed by atoms with Gasteiger partial charge in [-0.25, -0.2) is 0 Å². The van der Waals surface area contributed by atoms with Gasteiger partial charge < -0.3 is 4.84 Å². The quantitative estimate of drug-likeness (QED) is 0.575. The van der Waals surface area contributed by atoms with E-state index in [1.54, 1.807) is 0 Å². The molecule has 2 aromatic rings. The molecule has 1 aliphatic carbocycles. The smallest absolute Gasteiger partial charge is 0.321 e. The number of oxime groups is 1. The molecular formula is C18H17N3O5. The number of nitrogens with zero attached hydrogens (tertiary/aromatic N) is 3. The summed E-state index contributed by atoms with van der Waals surface area (Å²) in [4.78, 5) is 25.9. The highest BCUT2D eigenvalue weighted by Crippen LogP contribution is 2.34. The van der Waals surface area contributed by atoms with E-state index < -0.39 is 15.5 Å². The highest BCUT2D eigenvalue weighted by molar-refractivity contribution is 5.91. The van der Waals surface area contributed by atoms with Crippen molar-refractivity contribution in [2.45, 2.75) is 31.6 Å². The number of hydrogen-bond acceptors (Lipinski definition) is 6. The van der Waals surface area contributed by atoms with E-state index in [2.05, 4.69) is 5.16 Å². The molecule has 26 heavy (non-hydrogen) atoms. The molecule has 0 aliphatic heterocycles. The van der Waals surface area contributed by atoms with E-state index >= 15 is 0 Å². The normalized spacial score (nSPS) is 18.5. The Bertz CT molecular complexity index is 851. The molecule has 0 bridgehead atoms. The van der Waals surface area contributed by atoms with Gasteiger partial charge in [0.25, 0.3) is 5.69 Å². The summed E-state index contributed by atoms with van der Waals surface area (Å²) in [6, 6.07) is 13.2. The second-order valence-corrected chi connectivity index (χ2v) is 6.05. The number of benzene rings is 2. The van der Waals surface area contributed by atoms with E-state index in [1.165, 1.54) is 6.07 Å². The first-order valence-electron chi connectivity index (χ1n) is 8.28. The SMILES string of the molecule is O=[N+]([O-])c1ccc(O/N=C2/CCCC[C@@H]2c2ccccc2)c([N+](=O)[O-])c1. The van der Waals surface area contributed by atoms with Crippen LogP contribution in [0.4, 0.5) is 11.4 Å². The summed E-state index contributed by atoms with van der Waals surface area (Å²) in [5.74, 6) is 0.00698. The van der Waals surface area contributed by atoms with Gasteiger partial charge in [0.05, 0.1) is 21.6 Å². The van der Waals surface area contributed by atoms with Gasteiger partial charge >= 0.3 is 5.69 Å². The molecule has 0 aromatic heterocycles. The van der Waals surface area contributed by atoms with Crippen LogP contribution in [0.3, 0.4) is 0 Å². The van der Waals surface area contributed by atoms with Gasteiger partial charge in [-0.2, -0.15) is 0 Å². The molecule has 1 fully saturated rings. The number of non-ortho nitro benzene ring substituents is 1. The van der Waals surface area contributed by atoms with E-state index in [0.717, 1.165) is 49.1 Å². The zero-order chi connectivity index (χ0) is 18.5. The maximum absolute atomic E-state index is 11.2.